The molecule has 0 saturated heterocycles. The van der Waals surface area contributed by atoms with Crippen molar-refractivity contribution in [2.24, 2.45) is 0 Å². The van der Waals surface area contributed by atoms with Crippen molar-refractivity contribution in [3.05, 3.63) is 89.5 Å². The van der Waals surface area contributed by atoms with Crippen molar-refractivity contribution in [2.75, 3.05) is 0 Å². The second-order valence-corrected chi connectivity index (χ2v) is 9.68. The molecule has 0 aliphatic rings. The molecule has 0 bridgehead atoms. The van der Waals surface area contributed by atoms with Gasteiger partial charge < -0.3 is 0 Å². The number of imidazole rings is 1. The van der Waals surface area contributed by atoms with Crippen LogP contribution in [0.15, 0.2) is 66.9 Å². The maximum absolute atomic E-state index is 2.66. The van der Waals surface area contributed by atoms with Gasteiger partial charge in [0.2, 0.25) is 0 Å². The third-order valence-electron chi connectivity index (χ3n) is 6.87. The molecule has 3 aromatic rings. The minimum atomic E-state index is 0.522. The van der Waals surface area contributed by atoms with E-state index in [4.69, 9.17) is 0 Å². The zero-order chi connectivity index (χ0) is 23.3. The van der Waals surface area contributed by atoms with Crippen LogP contribution in [0, 0.1) is 0 Å². The van der Waals surface area contributed by atoms with Crippen molar-refractivity contribution in [3.63, 3.8) is 0 Å². The minimum Gasteiger partial charge on any atom is -0.234 e. The van der Waals surface area contributed by atoms with Gasteiger partial charge in [0.15, 0.2) is 0 Å². The van der Waals surface area contributed by atoms with Crippen LogP contribution in [0.4, 0.5) is 0 Å². The van der Waals surface area contributed by atoms with Crippen molar-refractivity contribution < 1.29 is 4.57 Å². The molecule has 0 aliphatic heterocycles. The lowest BCUT2D eigenvalue weighted by molar-refractivity contribution is -0.710. The van der Waals surface area contributed by atoms with Crippen molar-refractivity contribution >= 4 is 0 Å². The Bertz CT molecular complexity index is 911. The van der Waals surface area contributed by atoms with Gasteiger partial charge in [0.1, 0.15) is 11.9 Å². The van der Waals surface area contributed by atoms with Gasteiger partial charge in [-0.05, 0) is 36.3 Å². The maximum Gasteiger partial charge on any atom is 0.261 e. The molecule has 2 nitrogen and oxygen atoms in total. The second-order valence-electron chi connectivity index (χ2n) is 9.68. The highest BCUT2D eigenvalue weighted by Gasteiger charge is 2.24. The fourth-order valence-electron chi connectivity index (χ4n) is 4.84. The van der Waals surface area contributed by atoms with Gasteiger partial charge in [-0.2, -0.15) is 0 Å². The fourth-order valence-corrected chi connectivity index (χ4v) is 4.84. The largest absolute Gasteiger partial charge is 0.261 e. The Hall–Kier alpha value is -2.35. The Morgan fingerprint density at radius 2 is 1.39 bits per heavy atom. The molecule has 0 saturated carbocycles. The number of nitrogens with zero attached hydrogens (tertiary/aromatic N) is 2. The lowest BCUT2D eigenvalue weighted by Gasteiger charge is -2.11. The van der Waals surface area contributed by atoms with E-state index in [-0.39, 0.29) is 0 Å². The zero-order valence-corrected chi connectivity index (χ0v) is 21.3. The van der Waals surface area contributed by atoms with Crippen LogP contribution in [0.5, 0.6) is 0 Å². The summed E-state index contributed by atoms with van der Waals surface area (Å²) < 4.78 is 5.25. The minimum absolute atomic E-state index is 0.522. The Labute approximate surface area is 202 Å². The number of benzene rings is 2. The summed E-state index contributed by atoms with van der Waals surface area (Å²) in [4.78, 5) is 0. The lowest BCUT2D eigenvalue weighted by Crippen LogP contribution is -2.41. The molecule has 33 heavy (non-hydrogen) atoms. The zero-order valence-electron chi connectivity index (χ0n) is 21.3. The Kier molecular flexibility index (Phi) is 10.7. The highest BCUT2D eigenvalue weighted by Crippen LogP contribution is 2.21. The number of hydrogen-bond donors (Lipinski definition) is 0. The number of aryl methyl sites for hydroxylation is 1. The van der Waals surface area contributed by atoms with E-state index in [1.807, 2.05) is 0 Å². The normalized spacial score (nSPS) is 12.2. The summed E-state index contributed by atoms with van der Waals surface area (Å²) in [5.74, 6) is 2.01. The third-order valence-corrected chi connectivity index (χ3v) is 6.87. The van der Waals surface area contributed by atoms with Crippen LogP contribution in [0.25, 0.3) is 0 Å². The molecule has 0 amide bonds. The van der Waals surface area contributed by atoms with Crippen molar-refractivity contribution in [1.29, 1.82) is 0 Å². The molecule has 0 fully saturated rings. The predicted octanol–water partition coefficient (Wildman–Crippen LogP) is 7.87. The van der Waals surface area contributed by atoms with Crippen LogP contribution < -0.4 is 4.57 Å². The molecule has 1 aromatic heterocycles. The lowest BCUT2D eigenvalue weighted by atomic mass is 9.96. The summed E-state index contributed by atoms with van der Waals surface area (Å²) in [5, 5.41) is 0. The summed E-state index contributed by atoms with van der Waals surface area (Å²) in [6.07, 6.45) is 15.1. The van der Waals surface area contributed by atoms with Gasteiger partial charge in [-0.15, -0.1) is 0 Å². The Balaban J connectivity index is 1.84. The van der Waals surface area contributed by atoms with E-state index < -0.39 is 0 Å². The smallest absolute Gasteiger partial charge is 0.234 e. The Morgan fingerprint density at radius 3 is 2.09 bits per heavy atom. The standard InChI is InChI=1S/C31H45N2/c1-4-6-8-9-10-17-22-32-26-30(24-27(3)29-20-15-12-16-21-29)33(23-7-5-2)31(32)25-28-18-13-11-14-19-28/h11-16,18-21,26-27H,4-10,17,22-25H2,1-3H3/q+1. The topological polar surface area (TPSA) is 8.81 Å². The van der Waals surface area contributed by atoms with Gasteiger partial charge in [0.05, 0.1) is 19.5 Å². The highest BCUT2D eigenvalue weighted by atomic mass is 15.2. The van der Waals surface area contributed by atoms with Crippen molar-refractivity contribution in [1.82, 2.24) is 4.57 Å². The molecule has 3 rings (SSSR count). The third kappa shape index (κ3) is 7.88. The van der Waals surface area contributed by atoms with Crippen LogP contribution in [-0.4, -0.2) is 4.57 Å². The predicted molar refractivity (Wildman–Crippen MR) is 141 cm³/mol. The molecule has 0 spiro atoms. The van der Waals surface area contributed by atoms with Gasteiger partial charge in [0.25, 0.3) is 5.82 Å². The number of hydrogen-bond acceptors (Lipinski definition) is 0. The molecule has 1 heterocycles. The van der Waals surface area contributed by atoms with E-state index in [0.29, 0.717) is 5.92 Å². The summed E-state index contributed by atoms with van der Waals surface area (Å²) in [6, 6.07) is 22.0. The average molecular weight is 446 g/mol. The molecule has 178 valence electrons. The van der Waals surface area contributed by atoms with E-state index in [9.17, 15) is 0 Å². The summed E-state index contributed by atoms with van der Waals surface area (Å²) in [6.45, 7) is 9.24. The van der Waals surface area contributed by atoms with E-state index >= 15 is 0 Å². The molecule has 2 aromatic carbocycles. The van der Waals surface area contributed by atoms with Crippen LogP contribution in [0.3, 0.4) is 0 Å². The number of aromatic nitrogens is 2. The SMILES string of the molecule is CCCCCCCCn1cc(CC(C)c2ccccc2)[n+](CCCC)c1Cc1ccccc1. The van der Waals surface area contributed by atoms with E-state index in [1.165, 1.54) is 74.0 Å². The molecular weight excluding hydrogens is 400 g/mol. The highest BCUT2D eigenvalue weighted by molar-refractivity contribution is 5.21. The first-order chi connectivity index (χ1) is 16.2. The van der Waals surface area contributed by atoms with E-state index in [2.05, 4.69) is 96.8 Å². The van der Waals surface area contributed by atoms with Crippen molar-refractivity contribution in [2.45, 2.75) is 104 Å². The summed E-state index contributed by atoms with van der Waals surface area (Å²) >= 11 is 0. The average Bonchev–Trinajstić information content (AvgIpc) is 3.16. The maximum atomic E-state index is 2.66. The molecule has 2 heteroatoms. The van der Waals surface area contributed by atoms with Gasteiger partial charge in [0, 0.05) is 6.42 Å². The summed E-state index contributed by atoms with van der Waals surface area (Å²) in [5.41, 5.74) is 4.34. The van der Waals surface area contributed by atoms with Crippen LogP contribution in [-0.2, 0) is 25.9 Å². The second kappa shape index (κ2) is 14.0. The van der Waals surface area contributed by atoms with Gasteiger partial charge in [-0.1, -0.05) is 114 Å². The first-order valence-corrected chi connectivity index (χ1v) is 13.4. The van der Waals surface area contributed by atoms with E-state index in [1.54, 1.807) is 0 Å². The first kappa shape index (κ1) is 25.3. The van der Waals surface area contributed by atoms with Gasteiger partial charge in [-0.25, -0.2) is 9.13 Å². The van der Waals surface area contributed by atoms with Gasteiger partial charge in [-0.3, -0.25) is 0 Å². The number of unbranched alkanes of at least 4 members (excludes halogenated alkanes) is 6. The number of rotatable bonds is 15. The van der Waals surface area contributed by atoms with Crippen LogP contribution in [0.1, 0.15) is 101 Å². The Morgan fingerprint density at radius 1 is 0.758 bits per heavy atom. The first-order valence-electron chi connectivity index (χ1n) is 13.4. The molecular formula is C31H45N2+. The summed E-state index contributed by atoms with van der Waals surface area (Å²) in [7, 11) is 0. The molecule has 0 aliphatic carbocycles. The van der Waals surface area contributed by atoms with Gasteiger partial charge >= 0.3 is 0 Å². The molecule has 0 radical (unpaired) electrons. The van der Waals surface area contributed by atoms with Crippen molar-refractivity contribution in [3.8, 4) is 0 Å². The van der Waals surface area contributed by atoms with E-state index in [0.717, 1.165) is 25.9 Å². The molecule has 1 unspecified atom stereocenters. The molecule has 0 N–H and O–H groups in total. The molecule has 1 atom stereocenters. The van der Waals surface area contributed by atoms with Crippen LogP contribution in [0.2, 0.25) is 0 Å². The fraction of sp³-hybridized carbons (Fsp3) is 0.516. The van der Waals surface area contributed by atoms with Crippen LogP contribution >= 0.6 is 0 Å². The monoisotopic (exact) mass is 445 g/mol. The quantitative estimate of drug-likeness (QED) is 0.166.